The van der Waals surface area contributed by atoms with Gasteiger partial charge < -0.3 is 18.9 Å². The van der Waals surface area contributed by atoms with Crippen LogP contribution in [0.5, 0.6) is 0 Å². The quantitative estimate of drug-likeness (QED) is 0.168. The van der Waals surface area contributed by atoms with E-state index in [1.807, 2.05) is 0 Å². The first-order valence-corrected chi connectivity index (χ1v) is 9.85. The molecule has 23 heavy (non-hydrogen) atoms. The number of hydrogen-bond acceptors (Lipinski definition) is 5. The highest BCUT2D eigenvalue weighted by Crippen LogP contribution is 2.13. The van der Waals surface area contributed by atoms with Crippen LogP contribution >= 0.6 is 0 Å². The summed E-state index contributed by atoms with van der Waals surface area (Å²) in [5.41, 5.74) is 0. The summed E-state index contributed by atoms with van der Waals surface area (Å²) in [6.07, 6.45) is 5.38. The molecule has 0 unspecified atom stereocenters. The van der Waals surface area contributed by atoms with Gasteiger partial charge in [0.25, 0.3) is 0 Å². The van der Waals surface area contributed by atoms with Crippen LogP contribution in [-0.4, -0.2) is 62.9 Å². The minimum Gasteiger partial charge on any atom is -0.492 e. The predicted molar refractivity (Wildman–Crippen MR) is 93.7 cm³/mol. The van der Waals surface area contributed by atoms with Crippen LogP contribution in [0.4, 0.5) is 0 Å². The topological polar surface area (TPSA) is 54.0 Å². The van der Waals surface area contributed by atoms with Crippen LogP contribution in [0.3, 0.4) is 0 Å². The molecule has 0 aliphatic carbocycles. The maximum Gasteiger partial charge on any atom is 0.356 e. The van der Waals surface area contributed by atoms with E-state index in [0.717, 1.165) is 0 Å². The van der Waals surface area contributed by atoms with Crippen molar-refractivity contribution in [1.29, 1.82) is 0 Å². The van der Waals surface area contributed by atoms with Crippen molar-refractivity contribution in [2.24, 2.45) is 0 Å². The lowest BCUT2D eigenvalue weighted by Crippen LogP contribution is -2.27. The van der Waals surface area contributed by atoms with Crippen molar-refractivity contribution in [2.75, 3.05) is 56.9 Å². The molecule has 1 rings (SSSR count). The number of carbonyl (C=O) groups excluding carboxylic acids is 1. The fourth-order valence-electron chi connectivity index (χ4n) is 2.07. The van der Waals surface area contributed by atoms with Gasteiger partial charge in [-0.2, -0.15) is 0 Å². The Hall–Kier alpha value is -0.980. The van der Waals surface area contributed by atoms with Crippen LogP contribution in [0.25, 0.3) is 0 Å². The minimum absolute atomic E-state index is 0.0883. The Bertz CT molecular complexity index is 353. The molecule has 5 nitrogen and oxygen atoms in total. The molecular formula is C17H29O5S+. The average Bonchev–Trinajstić information content (AvgIpc) is 2.57. The third-order valence-electron chi connectivity index (χ3n) is 3.29. The molecule has 1 saturated heterocycles. The van der Waals surface area contributed by atoms with Gasteiger partial charge >= 0.3 is 5.97 Å². The first-order valence-electron chi connectivity index (χ1n) is 8.11. The van der Waals surface area contributed by atoms with Gasteiger partial charge in [0.2, 0.25) is 5.75 Å². The van der Waals surface area contributed by atoms with E-state index in [2.05, 4.69) is 13.2 Å². The van der Waals surface area contributed by atoms with Gasteiger partial charge in [0.15, 0.2) is 0 Å². The normalized spacial score (nSPS) is 15.1. The Balaban J connectivity index is 1.82. The maximum atomic E-state index is 11.7. The summed E-state index contributed by atoms with van der Waals surface area (Å²) in [7, 11) is 0.248. The van der Waals surface area contributed by atoms with Gasteiger partial charge in [0, 0.05) is 0 Å². The number of allylic oxidation sites excluding steroid dienone is 1. The van der Waals surface area contributed by atoms with Gasteiger partial charge in [-0.15, -0.1) is 0 Å². The lowest BCUT2D eigenvalue weighted by Gasteiger charge is -2.13. The summed E-state index contributed by atoms with van der Waals surface area (Å²) in [6.45, 7) is 9.79. The van der Waals surface area contributed by atoms with E-state index in [1.165, 1.54) is 30.8 Å². The van der Waals surface area contributed by atoms with Crippen LogP contribution < -0.4 is 0 Å². The van der Waals surface area contributed by atoms with Crippen molar-refractivity contribution in [2.45, 2.75) is 19.3 Å². The smallest absolute Gasteiger partial charge is 0.356 e. The summed E-state index contributed by atoms with van der Waals surface area (Å²) in [6, 6.07) is 0. The van der Waals surface area contributed by atoms with Gasteiger partial charge in [0.1, 0.15) is 30.5 Å². The largest absolute Gasteiger partial charge is 0.492 e. The Morgan fingerprint density at radius 3 is 2.09 bits per heavy atom. The summed E-state index contributed by atoms with van der Waals surface area (Å²) < 4.78 is 21.1. The van der Waals surface area contributed by atoms with Gasteiger partial charge in [-0.3, -0.25) is 0 Å². The van der Waals surface area contributed by atoms with Crippen molar-refractivity contribution >= 4 is 16.9 Å². The molecule has 0 amide bonds. The van der Waals surface area contributed by atoms with Crippen molar-refractivity contribution in [3.05, 3.63) is 25.0 Å². The maximum absolute atomic E-state index is 11.7. The Morgan fingerprint density at radius 1 is 0.913 bits per heavy atom. The van der Waals surface area contributed by atoms with Crippen LogP contribution in [-0.2, 0) is 34.6 Å². The number of hydrogen-bond donors (Lipinski definition) is 0. The highest BCUT2D eigenvalue weighted by molar-refractivity contribution is 7.97. The van der Waals surface area contributed by atoms with E-state index in [9.17, 15) is 4.79 Å². The second-order valence-corrected chi connectivity index (χ2v) is 7.52. The van der Waals surface area contributed by atoms with Gasteiger partial charge in [-0.25, -0.2) is 4.79 Å². The minimum atomic E-state index is -0.0883. The molecule has 0 radical (unpaired) electrons. The summed E-state index contributed by atoms with van der Waals surface area (Å²) in [4.78, 5) is 11.7. The number of ether oxygens (including phenoxy) is 4. The molecule has 1 heterocycles. The van der Waals surface area contributed by atoms with Crippen molar-refractivity contribution < 1.29 is 23.7 Å². The van der Waals surface area contributed by atoms with Gasteiger partial charge in [-0.1, -0.05) is 13.2 Å². The highest BCUT2D eigenvalue weighted by Gasteiger charge is 2.25. The molecule has 0 aromatic carbocycles. The Labute approximate surface area is 142 Å². The van der Waals surface area contributed by atoms with Gasteiger partial charge in [-0.05, 0) is 36.2 Å². The van der Waals surface area contributed by atoms with E-state index >= 15 is 0 Å². The monoisotopic (exact) mass is 345 g/mol. The molecule has 0 atom stereocenters. The molecular weight excluding hydrogens is 316 g/mol. The van der Waals surface area contributed by atoms with Crippen LogP contribution in [0.15, 0.2) is 25.0 Å². The number of carbonyl (C=O) groups is 1. The number of rotatable bonds is 13. The van der Waals surface area contributed by atoms with Gasteiger partial charge in [0.05, 0.1) is 26.4 Å². The van der Waals surface area contributed by atoms with Crippen LogP contribution in [0, 0.1) is 0 Å². The second kappa shape index (κ2) is 13.5. The molecule has 0 aromatic rings. The van der Waals surface area contributed by atoms with Crippen molar-refractivity contribution in [3.63, 3.8) is 0 Å². The third kappa shape index (κ3) is 11.2. The lowest BCUT2D eigenvalue weighted by atomic mass is 10.3. The highest BCUT2D eigenvalue weighted by atomic mass is 32.2. The fourth-order valence-corrected chi connectivity index (χ4v) is 4.21. The third-order valence-corrected chi connectivity index (χ3v) is 5.67. The van der Waals surface area contributed by atoms with E-state index in [-0.39, 0.29) is 16.9 Å². The van der Waals surface area contributed by atoms with Crippen LogP contribution in [0.2, 0.25) is 0 Å². The Kier molecular flexibility index (Phi) is 11.7. The van der Waals surface area contributed by atoms with E-state index in [0.29, 0.717) is 51.2 Å². The standard InChI is InChI=1S/C17H29O5S/c1-3-16(2)21-11-9-19-7-8-20-10-12-22-17(18)15-23-13-5-4-6-14-23/h3H,1-2,4-15H2/q+1. The molecule has 132 valence electrons. The zero-order valence-electron chi connectivity index (χ0n) is 13.9. The van der Waals surface area contributed by atoms with E-state index in [4.69, 9.17) is 18.9 Å². The SMILES string of the molecule is C=CC(=C)OCCOCCOCCOC(=O)C[S+]1CCCCC1. The molecule has 0 N–H and O–H groups in total. The van der Waals surface area contributed by atoms with Crippen molar-refractivity contribution in [3.8, 4) is 0 Å². The molecule has 1 aliphatic heterocycles. The molecule has 0 aromatic heterocycles. The van der Waals surface area contributed by atoms with Crippen LogP contribution in [0.1, 0.15) is 19.3 Å². The fraction of sp³-hybridized carbons (Fsp3) is 0.706. The average molecular weight is 345 g/mol. The first kappa shape index (κ1) is 20.1. The molecule has 1 fully saturated rings. The van der Waals surface area contributed by atoms with Crippen molar-refractivity contribution in [1.82, 2.24) is 0 Å². The molecule has 0 spiro atoms. The zero-order chi connectivity index (χ0) is 16.8. The predicted octanol–water partition coefficient (Wildman–Crippen LogP) is 2.08. The lowest BCUT2D eigenvalue weighted by molar-refractivity contribution is -0.142. The number of esters is 1. The first-order chi connectivity index (χ1) is 11.2. The Morgan fingerprint density at radius 2 is 1.48 bits per heavy atom. The zero-order valence-corrected chi connectivity index (χ0v) is 14.7. The summed E-state index contributed by atoms with van der Waals surface area (Å²) in [5.74, 6) is 3.41. The molecule has 0 saturated carbocycles. The summed E-state index contributed by atoms with van der Waals surface area (Å²) in [5, 5.41) is 0. The van der Waals surface area contributed by atoms with E-state index < -0.39 is 0 Å². The van der Waals surface area contributed by atoms with E-state index in [1.54, 1.807) is 6.08 Å². The second-order valence-electron chi connectivity index (χ2n) is 5.19. The molecule has 1 aliphatic rings. The molecule has 0 bridgehead atoms. The molecule has 6 heteroatoms. The summed E-state index contributed by atoms with van der Waals surface area (Å²) >= 11 is 0.